The number of hydrogen-bond donors (Lipinski definition) is 2. The van der Waals surface area contributed by atoms with E-state index in [0.29, 0.717) is 25.1 Å². The van der Waals surface area contributed by atoms with Crippen LogP contribution in [0.4, 0.5) is 17.6 Å². The number of halogens is 4. The Labute approximate surface area is 192 Å². The number of rotatable bonds is 4. The molecule has 1 aromatic heterocycles. The molecule has 3 aromatic rings. The molecule has 0 unspecified atom stereocenters. The molecule has 1 amide bonds. The van der Waals surface area contributed by atoms with Gasteiger partial charge in [0, 0.05) is 30.5 Å². The molecule has 0 spiro atoms. The molecule has 0 saturated carbocycles. The van der Waals surface area contributed by atoms with Crippen LogP contribution in [-0.4, -0.2) is 52.3 Å². The van der Waals surface area contributed by atoms with Crippen molar-refractivity contribution in [1.29, 1.82) is 0 Å². The van der Waals surface area contributed by atoms with Crippen LogP contribution in [0.15, 0.2) is 53.1 Å². The van der Waals surface area contributed by atoms with Gasteiger partial charge in [-0.25, -0.2) is 9.18 Å². The second-order valence-electron chi connectivity index (χ2n) is 7.91. The number of carbonyl (C=O) groups excluding carboxylic acids is 1. The fourth-order valence-electron chi connectivity index (χ4n) is 3.79. The molecule has 0 bridgehead atoms. The summed E-state index contributed by atoms with van der Waals surface area (Å²) < 4.78 is 50.3. The van der Waals surface area contributed by atoms with Crippen molar-refractivity contribution < 1.29 is 36.8 Å². The van der Waals surface area contributed by atoms with E-state index in [1.165, 1.54) is 12.1 Å². The van der Waals surface area contributed by atoms with Gasteiger partial charge in [-0.3, -0.25) is 4.79 Å². The molecule has 7 nitrogen and oxygen atoms in total. The summed E-state index contributed by atoms with van der Waals surface area (Å²) >= 11 is 0. The summed E-state index contributed by atoms with van der Waals surface area (Å²) in [7, 11) is 0. The zero-order valence-electron chi connectivity index (χ0n) is 18.0. The number of hydrogen-bond acceptors (Lipinski definition) is 5. The lowest BCUT2D eigenvalue weighted by atomic mass is 9.91. The third-order valence-electron chi connectivity index (χ3n) is 5.51. The van der Waals surface area contributed by atoms with Crippen LogP contribution in [0.25, 0.3) is 11.0 Å². The number of likely N-dealkylation sites (tertiary alicyclic amines) is 1. The van der Waals surface area contributed by atoms with Gasteiger partial charge < -0.3 is 20.3 Å². The molecule has 1 aliphatic heterocycles. The molecular formula is C23H23F4N3O4. The topological polar surface area (TPSA) is 110 Å². The first kappa shape index (κ1) is 25.2. The molecule has 1 atom stereocenters. The lowest BCUT2D eigenvalue weighted by Gasteiger charge is -2.33. The summed E-state index contributed by atoms with van der Waals surface area (Å²) in [6.07, 6.45) is -2.95. The number of carboxylic acids is 1. The average molecular weight is 481 g/mol. The van der Waals surface area contributed by atoms with Gasteiger partial charge in [-0.1, -0.05) is 35.5 Å². The van der Waals surface area contributed by atoms with E-state index in [4.69, 9.17) is 20.2 Å². The molecule has 2 heterocycles. The molecule has 1 saturated heterocycles. The number of carboxylic acid groups (broad SMARTS) is 1. The van der Waals surface area contributed by atoms with Gasteiger partial charge in [0.05, 0.1) is 11.7 Å². The van der Waals surface area contributed by atoms with Crippen molar-refractivity contribution in [2.24, 2.45) is 5.73 Å². The standard InChI is InChI=1S/C21H22FN3O2.C2HF3O2/c22-16-6-7-17-19(13-16)27-24-20(17)15-8-10-25(11-9-15)21(26)18(23)12-14-4-2-1-3-5-14;3-2(4,5)1(6)7/h1-7,13,15,18H,8-12,23H2;(H,6,7)/t18-;/m0./s1. The van der Waals surface area contributed by atoms with Gasteiger partial charge in [-0.2, -0.15) is 13.2 Å². The number of amides is 1. The second kappa shape index (κ2) is 10.6. The summed E-state index contributed by atoms with van der Waals surface area (Å²) in [6, 6.07) is 13.8. The smallest absolute Gasteiger partial charge is 0.475 e. The van der Waals surface area contributed by atoms with Crippen molar-refractivity contribution in [3.8, 4) is 0 Å². The van der Waals surface area contributed by atoms with E-state index >= 15 is 0 Å². The van der Waals surface area contributed by atoms with Crippen LogP contribution in [0.2, 0.25) is 0 Å². The molecule has 11 heteroatoms. The van der Waals surface area contributed by atoms with Gasteiger partial charge in [0.1, 0.15) is 5.82 Å². The Morgan fingerprint density at radius 3 is 2.35 bits per heavy atom. The summed E-state index contributed by atoms with van der Waals surface area (Å²) in [6.45, 7) is 1.28. The minimum atomic E-state index is -5.08. The molecule has 1 aliphatic rings. The van der Waals surface area contributed by atoms with E-state index in [1.807, 2.05) is 35.2 Å². The lowest BCUT2D eigenvalue weighted by molar-refractivity contribution is -0.192. The third-order valence-corrected chi connectivity index (χ3v) is 5.51. The molecule has 182 valence electrons. The number of piperidine rings is 1. The van der Waals surface area contributed by atoms with Crippen molar-refractivity contribution in [2.45, 2.75) is 37.4 Å². The number of nitrogens with zero attached hydrogens (tertiary/aromatic N) is 2. The first-order chi connectivity index (χ1) is 16.1. The Morgan fingerprint density at radius 1 is 1.15 bits per heavy atom. The number of alkyl halides is 3. The average Bonchev–Trinajstić information content (AvgIpc) is 3.22. The van der Waals surface area contributed by atoms with Crippen LogP contribution in [0.5, 0.6) is 0 Å². The van der Waals surface area contributed by atoms with Crippen molar-refractivity contribution in [3.05, 3.63) is 65.6 Å². The predicted octanol–water partition coefficient (Wildman–Crippen LogP) is 3.88. The predicted molar refractivity (Wildman–Crippen MR) is 114 cm³/mol. The number of fused-ring (bicyclic) bond motifs is 1. The molecule has 34 heavy (non-hydrogen) atoms. The Morgan fingerprint density at radius 2 is 1.76 bits per heavy atom. The first-order valence-corrected chi connectivity index (χ1v) is 10.5. The lowest BCUT2D eigenvalue weighted by Crippen LogP contribution is -2.47. The van der Waals surface area contributed by atoms with Gasteiger partial charge in [0.2, 0.25) is 5.91 Å². The number of carbonyl (C=O) groups is 2. The first-order valence-electron chi connectivity index (χ1n) is 10.5. The molecule has 0 aliphatic carbocycles. The van der Waals surface area contributed by atoms with Crippen LogP contribution in [0.3, 0.4) is 0 Å². The maximum atomic E-state index is 13.3. The number of aliphatic carboxylic acids is 1. The third kappa shape index (κ3) is 6.31. The van der Waals surface area contributed by atoms with Gasteiger partial charge in [0.15, 0.2) is 5.58 Å². The van der Waals surface area contributed by atoms with E-state index in [1.54, 1.807) is 6.07 Å². The Hall–Kier alpha value is -3.47. The monoisotopic (exact) mass is 481 g/mol. The van der Waals surface area contributed by atoms with E-state index in [9.17, 15) is 22.4 Å². The van der Waals surface area contributed by atoms with Gasteiger partial charge in [0.25, 0.3) is 0 Å². The molecule has 4 rings (SSSR count). The second-order valence-corrected chi connectivity index (χ2v) is 7.91. The van der Waals surface area contributed by atoms with Crippen molar-refractivity contribution in [3.63, 3.8) is 0 Å². The van der Waals surface area contributed by atoms with Crippen LogP contribution >= 0.6 is 0 Å². The Balaban J connectivity index is 0.000000406. The van der Waals surface area contributed by atoms with Crippen LogP contribution < -0.4 is 5.73 Å². The highest BCUT2D eigenvalue weighted by Gasteiger charge is 2.38. The van der Waals surface area contributed by atoms with Gasteiger partial charge in [-0.05, 0) is 37.0 Å². The summed E-state index contributed by atoms with van der Waals surface area (Å²) in [5.74, 6) is -2.90. The zero-order valence-corrected chi connectivity index (χ0v) is 18.0. The van der Waals surface area contributed by atoms with Crippen molar-refractivity contribution in [2.75, 3.05) is 13.1 Å². The normalized spacial score (nSPS) is 15.5. The van der Waals surface area contributed by atoms with Gasteiger partial charge >= 0.3 is 12.1 Å². The zero-order chi connectivity index (χ0) is 24.9. The molecule has 2 aromatic carbocycles. The minimum Gasteiger partial charge on any atom is -0.475 e. The highest BCUT2D eigenvalue weighted by Crippen LogP contribution is 2.33. The molecule has 0 radical (unpaired) electrons. The van der Waals surface area contributed by atoms with Crippen LogP contribution in [0.1, 0.15) is 30.0 Å². The van der Waals surface area contributed by atoms with Crippen LogP contribution in [0, 0.1) is 5.82 Å². The van der Waals surface area contributed by atoms with E-state index in [-0.39, 0.29) is 17.6 Å². The largest absolute Gasteiger partial charge is 0.490 e. The highest BCUT2D eigenvalue weighted by molar-refractivity contribution is 5.82. The van der Waals surface area contributed by atoms with E-state index < -0.39 is 18.2 Å². The SMILES string of the molecule is N[C@@H](Cc1ccccc1)C(=O)N1CCC(c2noc3cc(F)ccc23)CC1.O=C(O)C(F)(F)F. The fraction of sp³-hybridized carbons (Fsp3) is 0.348. The number of benzene rings is 2. The van der Waals surface area contributed by atoms with Crippen molar-refractivity contribution >= 4 is 22.8 Å². The minimum absolute atomic E-state index is 0.00983. The van der Waals surface area contributed by atoms with Crippen molar-refractivity contribution in [1.82, 2.24) is 10.1 Å². The number of nitrogens with two attached hydrogens (primary N) is 1. The number of aromatic nitrogens is 1. The summed E-state index contributed by atoms with van der Waals surface area (Å²) in [4.78, 5) is 23.4. The molecular weight excluding hydrogens is 458 g/mol. The summed E-state index contributed by atoms with van der Waals surface area (Å²) in [5, 5.41) is 12.1. The van der Waals surface area contributed by atoms with E-state index in [2.05, 4.69) is 5.16 Å². The maximum Gasteiger partial charge on any atom is 0.490 e. The highest BCUT2D eigenvalue weighted by atomic mass is 19.4. The quantitative estimate of drug-likeness (QED) is 0.548. The fourth-order valence-corrected chi connectivity index (χ4v) is 3.79. The molecule has 1 fully saturated rings. The Bertz CT molecular complexity index is 1130. The van der Waals surface area contributed by atoms with E-state index in [0.717, 1.165) is 29.5 Å². The molecule has 3 N–H and O–H groups in total. The van der Waals surface area contributed by atoms with Crippen LogP contribution in [-0.2, 0) is 16.0 Å². The summed E-state index contributed by atoms with van der Waals surface area (Å²) in [5.41, 5.74) is 8.53. The van der Waals surface area contributed by atoms with Gasteiger partial charge in [-0.15, -0.1) is 0 Å². The Kier molecular flexibility index (Phi) is 7.87. The maximum absolute atomic E-state index is 13.3.